The van der Waals surface area contributed by atoms with Gasteiger partial charge in [0.1, 0.15) is 11.2 Å². The molecule has 0 aliphatic rings. The lowest BCUT2D eigenvalue weighted by molar-refractivity contribution is 0.669. The number of thiophene rings is 1. The quantitative estimate of drug-likeness (QED) is 0.175. The van der Waals surface area contributed by atoms with Gasteiger partial charge in [-0.15, -0.1) is 11.3 Å². The number of hydrogen-bond acceptors (Lipinski definition) is 3. The fourth-order valence-corrected chi connectivity index (χ4v) is 8.59. The number of benzene rings is 8. The average molecular weight is 670 g/mol. The van der Waals surface area contributed by atoms with E-state index in [0.29, 0.717) is 0 Å². The topological polar surface area (TPSA) is 16.4 Å². The summed E-state index contributed by atoms with van der Waals surface area (Å²) in [6, 6.07) is 67.4. The van der Waals surface area contributed by atoms with E-state index in [1.807, 2.05) is 23.5 Å². The van der Waals surface area contributed by atoms with Crippen molar-refractivity contribution in [1.82, 2.24) is 0 Å². The summed E-state index contributed by atoms with van der Waals surface area (Å²) < 4.78 is 8.85. The molecule has 0 saturated heterocycles. The fourth-order valence-electron chi connectivity index (χ4n) is 7.35. The Morgan fingerprint density at radius 1 is 0.353 bits per heavy atom. The Balaban J connectivity index is 1.05. The molecule has 2 nitrogen and oxygen atoms in total. The van der Waals surface area contributed by atoms with Crippen molar-refractivity contribution >= 4 is 70.5 Å². The highest BCUT2D eigenvalue weighted by atomic mass is 32.1. The van der Waals surface area contributed by atoms with E-state index in [0.717, 1.165) is 39.0 Å². The highest BCUT2D eigenvalue weighted by Crippen LogP contribution is 2.42. The van der Waals surface area contributed by atoms with Gasteiger partial charge in [0.2, 0.25) is 0 Å². The van der Waals surface area contributed by atoms with Crippen LogP contribution in [-0.4, -0.2) is 0 Å². The lowest BCUT2D eigenvalue weighted by Crippen LogP contribution is -2.09. The highest BCUT2D eigenvalue weighted by molar-refractivity contribution is 7.26. The lowest BCUT2D eigenvalue weighted by atomic mass is 10.00. The minimum atomic E-state index is 0.890. The molecule has 10 aromatic rings. The molecular weight excluding hydrogens is 639 g/mol. The molecule has 0 saturated carbocycles. The molecule has 0 unspecified atom stereocenters. The number of furan rings is 1. The third kappa shape index (κ3) is 5.18. The molecule has 0 N–H and O–H groups in total. The first-order valence-corrected chi connectivity index (χ1v) is 18.1. The first kappa shape index (κ1) is 29.5. The molecule has 0 fully saturated rings. The predicted molar refractivity (Wildman–Crippen MR) is 218 cm³/mol. The zero-order valence-corrected chi connectivity index (χ0v) is 28.5. The molecule has 10 rings (SSSR count). The molecule has 2 heterocycles. The molecule has 0 aliphatic heterocycles. The smallest absolute Gasteiger partial charge is 0.135 e. The monoisotopic (exact) mass is 669 g/mol. The predicted octanol–water partition coefficient (Wildman–Crippen LogP) is 14.4. The Bertz CT molecular complexity index is 2830. The fraction of sp³-hybridized carbons (Fsp3) is 0. The highest BCUT2D eigenvalue weighted by Gasteiger charge is 2.17. The molecule has 0 atom stereocenters. The second-order valence-electron chi connectivity index (χ2n) is 12.9. The molecular formula is C48H31NOS. The van der Waals surface area contributed by atoms with Crippen LogP contribution >= 0.6 is 11.3 Å². The number of nitrogens with zero attached hydrogens (tertiary/aromatic N) is 1. The van der Waals surface area contributed by atoms with E-state index in [2.05, 4.69) is 181 Å². The van der Waals surface area contributed by atoms with Gasteiger partial charge < -0.3 is 9.32 Å². The molecule has 3 heteroatoms. The number of rotatable bonds is 6. The lowest BCUT2D eigenvalue weighted by Gasteiger charge is -2.26. The SMILES string of the molecule is c1ccc(-c2ccc(-c3ccc(N(c4ccc(-c5cccc6c5sc5ccccc56)cc4)c4ccc5oc6ccccc6c5c4)cc3)cc2)cc1. The van der Waals surface area contributed by atoms with Crippen LogP contribution in [0.2, 0.25) is 0 Å². The summed E-state index contributed by atoms with van der Waals surface area (Å²) in [6.07, 6.45) is 0. The summed E-state index contributed by atoms with van der Waals surface area (Å²) in [7, 11) is 0. The van der Waals surface area contributed by atoms with Crippen LogP contribution in [0, 0.1) is 0 Å². The van der Waals surface area contributed by atoms with E-state index in [9.17, 15) is 0 Å². The Morgan fingerprint density at radius 3 is 1.61 bits per heavy atom. The van der Waals surface area contributed by atoms with Crippen LogP contribution in [0.5, 0.6) is 0 Å². The van der Waals surface area contributed by atoms with Gasteiger partial charge >= 0.3 is 0 Å². The van der Waals surface area contributed by atoms with Gasteiger partial charge in [-0.25, -0.2) is 0 Å². The Hall–Kier alpha value is -6.42. The van der Waals surface area contributed by atoms with Crippen LogP contribution in [0.3, 0.4) is 0 Å². The van der Waals surface area contributed by atoms with Crippen molar-refractivity contribution in [3.05, 3.63) is 188 Å². The van der Waals surface area contributed by atoms with Gasteiger partial charge in [0.15, 0.2) is 0 Å². The minimum absolute atomic E-state index is 0.890. The summed E-state index contributed by atoms with van der Waals surface area (Å²) in [5, 5.41) is 4.86. The van der Waals surface area contributed by atoms with Crippen molar-refractivity contribution in [2.24, 2.45) is 0 Å². The van der Waals surface area contributed by atoms with Crippen LogP contribution in [0.1, 0.15) is 0 Å². The maximum atomic E-state index is 6.20. The number of hydrogen-bond donors (Lipinski definition) is 0. The summed E-state index contributed by atoms with van der Waals surface area (Å²) in [5.41, 5.74) is 12.3. The first-order valence-electron chi connectivity index (χ1n) is 17.2. The molecule has 240 valence electrons. The first-order chi connectivity index (χ1) is 25.3. The van der Waals surface area contributed by atoms with Gasteiger partial charge in [-0.3, -0.25) is 0 Å². The molecule has 51 heavy (non-hydrogen) atoms. The minimum Gasteiger partial charge on any atom is -0.456 e. The summed E-state index contributed by atoms with van der Waals surface area (Å²) >= 11 is 1.87. The van der Waals surface area contributed by atoms with Crippen molar-refractivity contribution in [3.63, 3.8) is 0 Å². The number of anilines is 3. The van der Waals surface area contributed by atoms with Crippen molar-refractivity contribution in [2.45, 2.75) is 0 Å². The van der Waals surface area contributed by atoms with E-state index >= 15 is 0 Å². The van der Waals surface area contributed by atoms with Gasteiger partial charge in [0.25, 0.3) is 0 Å². The summed E-state index contributed by atoms with van der Waals surface area (Å²) in [6.45, 7) is 0. The second kappa shape index (κ2) is 12.2. The van der Waals surface area contributed by atoms with E-state index in [4.69, 9.17) is 4.42 Å². The van der Waals surface area contributed by atoms with Crippen molar-refractivity contribution in [2.75, 3.05) is 4.90 Å². The van der Waals surface area contributed by atoms with Crippen LogP contribution in [-0.2, 0) is 0 Å². The zero-order chi connectivity index (χ0) is 33.7. The van der Waals surface area contributed by atoms with Crippen LogP contribution in [0.4, 0.5) is 17.1 Å². The van der Waals surface area contributed by atoms with Crippen molar-refractivity contribution in [1.29, 1.82) is 0 Å². The van der Waals surface area contributed by atoms with Crippen LogP contribution < -0.4 is 4.90 Å². The van der Waals surface area contributed by atoms with Crippen LogP contribution in [0.25, 0.3) is 75.5 Å². The van der Waals surface area contributed by atoms with Crippen molar-refractivity contribution < 1.29 is 4.42 Å². The molecule has 0 bridgehead atoms. The number of para-hydroxylation sites is 1. The zero-order valence-electron chi connectivity index (χ0n) is 27.7. The van der Waals surface area contributed by atoms with Crippen LogP contribution in [0.15, 0.2) is 192 Å². The van der Waals surface area contributed by atoms with Gasteiger partial charge in [0, 0.05) is 48.0 Å². The van der Waals surface area contributed by atoms with E-state index < -0.39 is 0 Å². The maximum absolute atomic E-state index is 6.20. The normalized spacial score (nSPS) is 11.5. The Labute approximate surface area is 300 Å². The third-order valence-electron chi connectivity index (χ3n) is 9.91. The molecule has 0 aliphatic carbocycles. The molecule has 0 spiro atoms. The van der Waals surface area contributed by atoms with Gasteiger partial charge in [-0.2, -0.15) is 0 Å². The van der Waals surface area contributed by atoms with E-state index in [1.165, 1.54) is 53.6 Å². The molecule has 2 aromatic heterocycles. The van der Waals surface area contributed by atoms with E-state index in [-0.39, 0.29) is 0 Å². The van der Waals surface area contributed by atoms with E-state index in [1.54, 1.807) is 0 Å². The standard InChI is InChI=1S/C48H31NOS/c1-2-9-32(10-3-1)33-17-19-34(20-18-33)35-21-25-37(26-22-35)49(39-29-30-46-44(31-39)41-11-4-6-15-45(41)50-46)38-27-23-36(24-28-38)40-13-8-14-43-42-12-5-7-16-47(42)51-48(40)43/h1-31H. The summed E-state index contributed by atoms with van der Waals surface area (Å²) in [4.78, 5) is 2.34. The van der Waals surface area contributed by atoms with Crippen molar-refractivity contribution in [3.8, 4) is 33.4 Å². The second-order valence-corrected chi connectivity index (χ2v) is 14.0. The number of fused-ring (bicyclic) bond motifs is 6. The average Bonchev–Trinajstić information content (AvgIpc) is 3.77. The molecule has 0 amide bonds. The van der Waals surface area contributed by atoms with Gasteiger partial charge in [-0.1, -0.05) is 133 Å². The molecule has 0 radical (unpaired) electrons. The van der Waals surface area contributed by atoms with Gasteiger partial charge in [-0.05, 0) is 88.0 Å². The third-order valence-corrected chi connectivity index (χ3v) is 11.1. The largest absolute Gasteiger partial charge is 0.456 e. The summed E-state index contributed by atoms with van der Waals surface area (Å²) in [5.74, 6) is 0. The Morgan fingerprint density at radius 2 is 0.882 bits per heavy atom. The Kier molecular flexibility index (Phi) is 7.04. The van der Waals surface area contributed by atoms with Gasteiger partial charge in [0.05, 0.1) is 0 Å². The maximum Gasteiger partial charge on any atom is 0.135 e. The molecule has 8 aromatic carbocycles.